The van der Waals surface area contributed by atoms with Crippen molar-refractivity contribution in [3.05, 3.63) is 71.3 Å². The average Bonchev–Trinajstić information content (AvgIpc) is 3.13. The Balaban J connectivity index is 1.77. The fourth-order valence-corrected chi connectivity index (χ4v) is 7.14. The van der Waals surface area contributed by atoms with Gasteiger partial charge in [0.15, 0.2) is 0 Å². The molecule has 2 heterocycles. The van der Waals surface area contributed by atoms with Crippen molar-refractivity contribution in [2.45, 2.75) is 55.4 Å². The van der Waals surface area contributed by atoms with E-state index in [1.54, 1.807) is 24.3 Å². The minimum atomic E-state index is -1.25. The first-order chi connectivity index (χ1) is 18.2. The van der Waals surface area contributed by atoms with Crippen molar-refractivity contribution >= 4 is 44.7 Å². The molecule has 2 aromatic rings. The van der Waals surface area contributed by atoms with Crippen LogP contribution in [0, 0.1) is 0 Å². The predicted octanol–water partition coefficient (Wildman–Crippen LogP) is 1.71. The zero-order valence-electron chi connectivity index (χ0n) is 21.0. The number of rotatable bonds is 8. The molecule has 1 saturated heterocycles. The van der Waals surface area contributed by atoms with Crippen LogP contribution in [0.1, 0.15) is 47.1 Å². The van der Waals surface area contributed by atoms with Gasteiger partial charge >= 0.3 is 226 Å². The first-order valence-corrected chi connectivity index (χ1v) is 14.1. The van der Waals surface area contributed by atoms with Gasteiger partial charge in [0.1, 0.15) is 0 Å². The average molecular weight is 588 g/mol. The number of carbonyl (C=O) groups excluding carboxylic acids is 5. The SMILES string of the molecule is CC(=O)OC[C@H]1O[C@H]([Se]Cc2ccccc2)[C@H](N2C(=O)c3ccccc3C2=O)[C@@H](OC(C)=O)[C@@H]1OC(C)=O. The number of esters is 3. The van der Waals surface area contributed by atoms with Gasteiger partial charge in [-0.2, -0.15) is 0 Å². The van der Waals surface area contributed by atoms with E-state index in [1.807, 2.05) is 30.3 Å². The van der Waals surface area contributed by atoms with Crippen LogP contribution in [0.5, 0.6) is 0 Å². The molecule has 2 aliphatic rings. The molecule has 11 heteroatoms. The van der Waals surface area contributed by atoms with Gasteiger partial charge in [0.25, 0.3) is 0 Å². The van der Waals surface area contributed by atoms with Crippen LogP contribution in [0.15, 0.2) is 54.6 Å². The first kappa shape index (κ1) is 27.5. The van der Waals surface area contributed by atoms with E-state index >= 15 is 0 Å². The summed E-state index contributed by atoms with van der Waals surface area (Å²) in [6.07, 6.45) is -3.49. The summed E-state index contributed by atoms with van der Waals surface area (Å²) >= 11 is -0.393. The maximum atomic E-state index is 13.5. The van der Waals surface area contributed by atoms with E-state index in [0.717, 1.165) is 10.5 Å². The molecule has 38 heavy (non-hydrogen) atoms. The second-order valence-corrected chi connectivity index (χ2v) is 11.1. The Kier molecular flexibility index (Phi) is 8.61. The summed E-state index contributed by atoms with van der Waals surface area (Å²) in [6, 6.07) is 14.9. The Bertz CT molecular complexity index is 1200. The Morgan fingerprint density at radius 3 is 1.92 bits per heavy atom. The van der Waals surface area contributed by atoms with Crippen LogP contribution in [0.25, 0.3) is 0 Å². The maximum absolute atomic E-state index is 13.5. The number of ether oxygens (including phenoxy) is 4. The third-order valence-corrected chi connectivity index (χ3v) is 8.61. The molecule has 0 spiro atoms. The van der Waals surface area contributed by atoms with Crippen molar-refractivity contribution in [2.24, 2.45) is 0 Å². The topological polar surface area (TPSA) is 126 Å². The van der Waals surface area contributed by atoms with Gasteiger partial charge in [0, 0.05) is 0 Å². The summed E-state index contributed by atoms with van der Waals surface area (Å²) in [6.45, 7) is 3.31. The van der Waals surface area contributed by atoms with E-state index in [1.165, 1.54) is 20.8 Å². The molecule has 0 radical (unpaired) electrons. The molecule has 4 rings (SSSR count). The van der Waals surface area contributed by atoms with Crippen LogP contribution in [-0.4, -0.2) is 85.5 Å². The predicted molar refractivity (Wildman–Crippen MR) is 133 cm³/mol. The number of fused-ring (bicyclic) bond motifs is 1. The Hall–Kier alpha value is -3.53. The van der Waals surface area contributed by atoms with Crippen molar-refractivity contribution in [3.63, 3.8) is 0 Å². The Morgan fingerprint density at radius 2 is 1.37 bits per heavy atom. The summed E-state index contributed by atoms with van der Waals surface area (Å²) in [5.41, 5.74) is 1.46. The fraction of sp³-hybridized carbons (Fsp3) is 0.370. The normalized spacial score (nSPS) is 24.5. The number of amides is 2. The molecule has 5 atom stereocenters. The van der Waals surface area contributed by atoms with Crippen LogP contribution in [0.2, 0.25) is 0 Å². The van der Waals surface area contributed by atoms with Crippen LogP contribution >= 0.6 is 0 Å². The fourth-order valence-electron chi connectivity index (χ4n) is 4.53. The quantitative estimate of drug-likeness (QED) is 0.196. The number of imide groups is 1. The van der Waals surface area contributed by atoms with E-state index in [-0.39, 0.29) is 17.7 Å². The van der Waals surface area contributed by atoms with Crippen molar-refractivity contribution < 1.29 is 42.9 Å². The molecular formula is C27H27NO9Se. The van der Waals surface area contributed by atoms with Crippen LogP contribution in [0.3, 0.4) is 0 Å². The van der Waals surface area contributed by atoms with E-state index in [0.29, 0.717) is 5.32 Å². The molecule has 0 N–H and O–H groups in total. The minimum absolute atomic E-state index is 0.222. The van der Waals surface area contributed by atoms with E-state index in [9.17, 15) is 24.0 Å². The summed E-state index contributed by atoms with van der Waals surface area (Å²) in [5, 5.41) is -0.203. The number of hydrogen-bond donors (Lipinski definition) is 0. The molecular weight excluding hydrogens is 561 g/mol. The second kappa shape index (κ2) is 11.9. The molecule has 0 unspecified atom stereocenters. The van der Waals surface area contributed by atoms with Gasteiger partial charge in [0.05, 0.1) is 0 Å². The summed E-state index contributed by atoms with van der Waals surface area (Å²) in [4.78, 5) is 64.0. The van der Waals surface area contributed by atoms with Gasteiger partial charge in [-0.05, 0) is 0 Å². The molecule has 0 bridgehead atoms. The van der Waals surface area contributed by atoms with Crippen molar-refractivity contribution in [1.82, 2.24) is 4.90 Å². The summed E-state index contributed by atoms with van der Waals surface area (Å²) < 4.78 is 22.7. The van der Waals surface area contributed by atoms with Crippen molar-refractivity contribution in [2.75, 3.05) is 6.61 Å². The second-order valence-electron chi connectivity index (χ2n) is 8.81. The Labute approximate surface area is 225 Å². The van der Waals surface area contributed by atoms with Gasteiger partial charge in [-0.25, -0.2) is 0 Å². The van der Waals surface area contributed by atoms with E-state index in [4.69, 9.17) is 18.9 Å². The molecule has 200 valence electrons. The Morgan fingerprint density at radius 1 is 0.816 bits per heavy atom. The number of carbonyl (C=O) groups is 5. The monoisotopic (exact) mass is 589 g/mol. The van der Waals surface area contributed by atoms with Gasteiger partial charge in [-0.3, -0.25) is 0 Å². The third kappa shape index (κ3) is 5.96. The summed E-state index contributed by atoms with van der Waals surface area (Å²) in [5.74, 6) is -3.09. The van der Waals surface area contributed by atoms with Crippen LogP contribution < -0.4 is 0 Å². The van der Waals surface area contributed by atoms with Gasteiger partial charge in [0.2, 0.25) is 0 Å². The first-order valence-electron chi connectivity index (χ1n) is 11.9. The van der Waals surface area contributed by atoms with Gasteiger partial charge in [-0.15, -0.1) is 0 Å². The molecule has 0 saturated carbocycles. The third-order valence-electron chi connectivity index (χ3n) is 6.05. The zero-order chi connectivity index (χ0) is 27.4. The summed E-state index contributed by atoms with van der Waals surface area (Å²) in [7, 11) is 0. The molecule has 10 nitrogen and oxygen atoms in total. The van der Waals surface area contributed by atoms with Gasteiger partial charge in [-0.1, -0.05) is 0 Å². The van der Waals surface area contributed by atoms with Crippen LogP contribution in [-0.2, 0) is 38.7 Å². The standard InChI is InChI=1S/C27H27NO9Se/c1-15(29)34-13-21-23(35-16(2)30)24(36-17(3)31)22(27(37-21)38-14-18-9-5-4-6-10-18)28-25(32)19-11-7-8-12-20(19)26(28)33/h4-12,21-24,27H,13-14H2,1-3H3/t21-,22-,23-,24-,27-/m1/s1. The van der Waals surface area contributed by atoms with E-state index < -0.39 is 74.0 Å². The number of benzene rings is 2. The molecule has 2 aliphatic heterocycles. The van der Waals surface area contributed by atoms with Crippen molar-refractivity contribution in [3.8, 4) is 0 Å². The molecule has 2 amide bonds. The number of nitrogens with zero attached hydrogens (tertiary/aromatic N) is 1. The molecule has 0 aliphatic carbocycles. The number of hydrogen-bond acceptors (Lipinski definition) is 9. The van der Waals surface area contributed by atoms with Crippen molar-refractivity contribution in [1.29, 1.82) is 0 Å². The zero-order valence-corrected chi connectivity index (χ0v) is 22.7. The van der Waals surface area contributed by atoms with Gasteiger partial charge < -0.3 is 0 Å². The molecule has 2 aromatic carbocycles. The molecule has 1 fully saturated rings. The van der Waals surface area contributed by atoms with E-state index in [2.05, 4.69) is 0 Å². The molecule has 0 aromatic heterocycles. The van der Waals surface area contributed by atoms with Crippen LogP contribution in [0.4, 0.5) is 0 Å².